The average Bonchev–Trinajstić information content (AvgIpc) is 2.47. The summed E-state index contributed by atoms with van der Waals surface area (Å²) in [6.45, 7) is 6.10. The lowest BCUT2D eigenvalue weighted by molar-refractivity contribution is 0.597. The Morgan fingerprint density at radius 3 is 2.81 bits per heavy atom. The Kier molecular flexibility index (Phi) is 5.76. The second-order valence-corrected chi connectivity index (χ2v) is 6.13. The van der Waals surface area contributed by atoms with E-state index in [0.717, 1.165) is 23.4 Å². The van der Waals surface area contributed by atoms with E-state index in [2.05, 4.69) is 82.4 Å². The van der Waals surface area contributed by atoms with Crippen molar-refractivity contribution in [2.24, 2.45) is 0 Å². The number of pyridine rings is 1. The van der Waals surface area contributed by atoms with Gasteiger partial charge in [-0.15, -0.1) is 0 Å². The molecule has 0 aliphatic rings. The summed E-state index contributed by atoms with van der Waals surface area (Å²) in [7, 11) is 2.07. The number of hydrogen-bond acceptors (Lipinski definition) is 3. The van der Waals surface area contributed by atoms with Crippen LogP contribution in [0, 0.1) is 0 Å². The molecule has 0 radical (unpaired) electrons. The van der Waals surface area contributed by atoms with E-state index < -0.39 is 0 Å². The lowest BCUT2D eigenvalue weighted by atomic mass is 10.1. The van der Waals surface area contributed by atoms with E-state index in [-0.39, 0.29) is 0 Å². The zero-order valence-electron chi connectivity index (χ0n) is 12.8. The van der Waals surface area contributed by atoms with E-state index in [1.807, 2.05) is 12.3 Å². The number of halogens is 1. The molecule has 0 aliphatic heterocycles. The van der Waals surface area contributed by atoms with Gasteiger partial charge in [0.05, 0.1) is 0 Å². The lowest BCUT2D eigenvalue weighted by Crippen LogP contribution is -2.20. The summed E-state index contributed by atoms with van der Waals surface area (Å²) in [4.78, 5) is 6.66. The van der Waals surface area contributed by atoms with Crippen molar-refractivity contribution in [3.63, 3.8) is 0 Å². The molecular formula is C17H22BrN3. The first-order valence-corrected chi connectivity index (χ1v) is 8.04. The van der Waals surface area contributed by atoms with Crippen molar-refractivity contribution in [1.82, 2.24) is 10.3 Å². The van der Waals surface area contributed by atoms with Gasteiger partial charge in [0.25, 0.3) is 0 Å². The topological polar surface area (TPSA) is 28.2 Å². The van der Waals surface area contributed by atoms with Gasteiger partial charge in [-0.25, -0.2) is 4.98 Å². The number of aromatic nitrogens is 1. The Morgan fingerprint density at radius 1 is 1.29 bits per heavy atom. The summed E-state index contributed by atoms with van der Waals surface area (Å²) in [6, 6.07) is 12.9. The van der Waals surface area contributed by atoms with E-state index >= 15 is 0 Å². The number of nitrogens with zero attached hydrogens (tertiary/aromatic N) is 2. The molecule has 1 aromatic heterocycles. The maximum absolute atomic E-state index is 4.49. The highest BCUT2D eigenvalue weighted by Crippen LogP contribution is 2.20. The molecule has 0 aliphatic carbocycles. The SMILES string of the molecule is CCNC(C)c1ccnc(N(C)Cc2cccc(Br)c2)c1. The summed E-state index contributed by atoms with van der Waals surface area (Å²) in [5, 5.41) is 3.43. The first-order chi connectivity index (χ1) is 10.1. The molecule has 0 bridgehead atoms. The fourth-order valence-electron chi connectivity index (χ4n) is 2.33. The summed E-state index contributed by atoms with van der Waals surface area (Å²) in [6.07, 6.45) is 1.88. The molecule has 21 heavy (non-hydrogen) atoms. The van der Waals surface area contributed by atoms with Crippen LogP contribution in [-0.4, -0.2) is 18.6 Å². The van der Waals surface area contributed by atoms with Crippen LogP contribution >= 0.6 is 15.9 Å². The predicted octanol–water partition coefficient (Wildman–Crippen LogP) is 4.15. The number of rotatable bonds is 6. The molecule has 1 unspecified atom stereocenters. The van der Waals surface area contributed by atoms with Gasteiger partial charge in [0, 0.05) is 30.3 Å². The van der Waals surface area contributed by atoms with Crippen LogP contribution in [-0.2, 0) is 6.54 Å². The van der Waals surface area contributed by atoms with Crippen LogP contribution in [0.1, 0.15) is 31.0 Å². The van der Waals surface area contributed by atoms with E-state index in [1.165, 1.54) is 11.1 Å². The fraction of sp³-hybridized carbons (Fsp3) is 0.353. The van der Waals surface area contributed by atoms with E-state index in [4.69, 9.17) is 0 Å². The minimum absolute atomic E-state index is 0.344. The quantitative estimate of drug-likeness (QED) is 0.850. The van der Waals surface area contributed by atoms with Gasteiger partial charge in [0.2, 0.25) is 0 Å². The molecule has 4 heteroatoms. The molecule has 3 nitrogen and oxygen atoms in total. The molecule has 1 N–H and O–H groups in total. The van der Waals surface area contributed by atoms with Crippen LogP contribution in [0.15, 0.2) is 47.1 Å². The lowest BCUT2D eigenvalue weighted by Gasteiger charge is -2.20. The first kappa shape index (κ1) is 16.0. The third-order valence-electron chi connectivity index (χ3n) is 3.48. The standard InChI is InChI=1S/C17H22BrN3/c1-4-19-13(2)15-8-9-20-17(11-15)21(3)12-14-6-5-7-16(18)10-14/h5-11,13,19H,4,12H2,1-3H3. The summed E-state index contributed by atoms with van der Waals surface area (Å²) in [5.74, 6) is 0.997. The predicted molar refractivity (Wildman–Crippen MR) is 92.6 cm³/mol. The normalized spacial score (nSPS) is 12.2. The van der Waals surface area contributed by atoms with Crippen LogP contribution in [0.4, 0.5) is 5.82 Å². The number of nitrogens with one attached hydrogen (secondary N) is 1. The van der Waals surface area contributed by atoms with Gasteiger partial charge in [-0.05, 0) is 48.9 Å². The van der Waals surface area contributed by atoms with Crippen LogP contribution in [0.5, 0.6) is 0 Å². The highest BCUT2D eigenvalue weighted by molar-refractivity contribution is 9.10. The Hall–Kier alpha value is -1.39. The monoisotopic (exact) mass is 347 g/mol. The molecule has 0 amide bonds. The number of benzene rings is 1. The highest BCUT2D eigenvalue weighted by atomic mass is 79.9. The Morgan fingerprint density at radius 2 is 2.10 bits per heavy atom. The van der Waals surface area contributed by atoms with Gasteiger partial charge in [-0.3, -0.25) is 0 Å². The van der Waals surface area contributed by atoms with E-state index in [9.17, 15) is 0 Å². The van der Waals surface area contributed by atoms with Gasteiger partial charge in [-0.2, -0.15) is 0 Å². The van der Waals surface area contributed by atoms with Crippen molar-refractivity contribution < 1.29 is 0 Å². The molecule has 2 rings (SSSR count). The molecule has 112 valence electrons. The summed E-state index contributed by atoms with van der Waals surface area (Å²) >= 11 is 3.51. The van der Waals surface area contributed by atoms with Crippen LogP contribution in [0.2, 0.25) is 0 Å². The second kappa shape index (κ2) is 7.57. The van der Waals surface area contributed by atoms with Crippen LogP contribution in [0.3, 0.4) is 0 Å². The Balaban J connectivity index is 2.12. The van der Waals surface area contributed by atoms with Crippen molar-refractivity contribution in [3.05, 3.63) is 58.2 Å². The zero-order chi connectivity index (χ0) is 15.2. The summed E-state index contributed by atoms with van der Waals surface area (Å²) in [5.41, 5.74) is 2.53. The maximum atomic E-state index is 4.49. The molecule has 0 spiro atoms. The summed E-state index contributed by atoms with van der Waals surface area (Å²) < 4.78 is 1.11. The smallest absolute Gasteiger partial charge is 0.128 e. The molecule has 1 heterocycles. The number of anilines is 1. The molecule has 0 fully saturated rings. The van der Waals surface area contributed by atoms with Crippen molar-refractivity contribution in [2.45, 2.75) is 26.4 Å². The van der Waals surface area contributed by atoms with Crippen molar-refractivity contribution in [2.75, 3.05) is 18.5 Å². The fourth-order valence-corrected chi connectivity index (χ4v) is 2.77. The molecule has 2 aromatic rings. The van der Waals surface area contributed by atoms with Crippen LogP contribution < -0.4 is 10.2 Å². The molecule has 0 saturated carbocycles. The second-order valence-electron chi connectivity index (χ2n) is 5.21. The highest BCUT2D eigenvalue weighted by Gasteiger charge is 2.08. The zero-order valence-corrected chi connectivity index (χ0v) is 14.4. The van der Waals surface area contributed by atoms with Crippen molar-refractivity contribution >= 4 is 21.7 Å². The van der Waals surface area contributed by atoms with Gasteiger partial charge < -0.3 is 10.2 Å². The number of hydrogen-bond donors (Lipinski definition) is 1. The van der Waals surface area contributed by atoms with Crippen LogP contribution in [0.25, 0.3) is 0 Å². The Bertz CT molecular complexity index is 586. The first-order valence-electron chi connectivity index (χ1n) is 7.25. The van der Waals surface area contributed by atoms with Gasteiger partial charge >= 0.3 is 0 Å². The molecular weight excluding hydrogens is 326 g/mol. The third kappa shape index (κ3) is 4.55. The van der Waals surface area contributed by atoms with Crippen molar-refractivity contribution in [1.29, 1.82) is 0 Å². The Labute approximate surface area is 135 Å². The minimum atomic E-state index is 0.344. The maximum Gasteiger partial charge on any atom is 0.128 e. The van der Waals surface area contributed by atoms with Gasteiger partial charge in [-0.1, -0.05) is 35.0 Å². The molecule has 1 aromatic carbocycles. The van der Waals surface area contributed by atoms with E-state index in [1.54, 1.807) is 0 Å². The van der Waals surface area contributed by atoms with Gasteiger partial charge in [0.1, 0.15) is 5.82 Å². The largest absolute Gasteiger partial charge is 0.355 e. The van der Waals surface area contributed by atoms with E-state index in [0.29, 0.717) is 6.04 Å². The third-order valence-corrected chi connectivity index (χ3v) is 3.97. The minimum Gasteiger partial charge on any atom is -0.355 e. The molecule has 0 saturated heterocycles. The van der Waals surface area contributed by atoms with Gasteiger partial charge in [0.15, 0.2) is 0 Å². The van der Waals surface area contributed by atoms with Crippen molar-refractivity contribution in [3.8, 4) is 0 Å². The molecule has 1 atom stereocenters. The average molecular weight is 348 g/mol.